The van der Waals surface area contributed by atoms with E-state index in [1.807, 2.05) is 0 Å². The normalized spacial score (nSPS) is 18.8. The maximum Gasteiger partial charge on any atom is 0.293 e. The van der Waals surface area contributed by atoms with Crippen molar-refractivity contribution in [3.05, 3.63) is 33.3 Å². The summed E-state index contributed by atoms with van der Waals surface area (Å²) in [6.07, 6.45) is 3.32. The fraction of sp³-hybridized carbons (Fsp3) is 0.500. The van der Waals surface area contributed by atoms with E-state index in [0.29, 0.717) is 23.3 Å². The first-order valence-electron chi connectivity index (χ1n) is 6.08. The van der Waals surface area contributed by atoms with Crippen LogP contribution in [-0.4, -0.2) is 24.1 Å². The molecule has 1 atom stereocenters. The standard InChI is InChI=1S/C12H16ClN3O2/c13-10-4-1-5-11(16(17)18)12(10)15-8-6-9-3-2-7-14-9/h1,4-5,9,14-15H,2-3,6-8H2/t9-/m0/s1. The maximum atomic E-state index is 10.9. The van der Waals surface area contributed by atoms with Gasteiger partial charge in [0.25, 0.3) is 5.69 Å². The van der Waals surface area contributed by atoms with Crippen LogP contribution < -0.4 is 10.6 Å². The summed E-state index contributed by atoms with van der Waals surface area (Å²) in [5.41, 5.74) is 0.448. The molecule has 0 bridgehead atoms. The minimum absolute atomic E-state index is 0.0295. The van der Waals surface area contributed by atoms with Gasteiger partial charge in [-0.15, -0.1) is 0 Å². The Hall–Kier alpha value is -1.33. The Morgan fingerprint density at radius 1 is 1.56 bits per heavy atom. The lowest BCUT2D eigenvalue weighted by atomic mass is 10.1. The van der Waals surface area contributed by atoms with Crippen LogP contribution in [0.3, 0.4) is 0 Å². The smallest absolute Gasteiger partial charge is 0.293 e. The molecule has 6 heteroatoms. The van der Waals surface area contributed by atoms with Crippen LogP contribution in [0.15, 0.2) is 18.2 Å². The first-order chi connectivity index (χ1) is 8.68. The summed E-state index contributed by atoms with van der Waals surface area (Å²) in [6, 6.07) is 5.22. The van der Waals surface area contributed by atoms with Gasteiger partial charge in [0.2, 0.25) is 0 Å². The molecule has 5 nitrogen and oxygen atoms in total. The molecule has 0 amide bonds. The second kappa shape index (κ2) is 6.02. The number of rotatable bonds is 5. The van der Waals surface area contributed by atoms with Crippen LogP contribution in [0.25, 0.3) is 0 Å². The first-order valence-corrected chi connectivity index (χ1v) is 6.46. The van der Waals surface area contributed by atoms with Gasteiger partial charge >= 0.3 is 0 Å². The zero-order chi connectivity index (χ0) is 13.0. The van der Waals surface area contributed by atoms with Gasteiger partial charge in [-0.1, -0.05) is 17.7 Å². The van der Waals surface area contributed by atoms with Crippen molar-refractivity contribution < 1.29 is 4.92 Å². The summed E-state index contributed by atoms with van der Waals surface area (Å²) in [5, 5.41) is 17.7. The summed E-state index contributed by atoms with van der Waals surface area (Å²) in [6.45, 7) is 1.75. The molecule has 1 saturated heterocycles. The number of nitrogens with one attached hydrogen (secondary N) is 2. The number of hydrogen-bond acceptors (Lipinski definition) is 4. The average molecular weight is 270 g/mol. The van der Waals surface area contributed by atoms with Gasteiger partial charge in [0.15, 0.2) is 0 Å². The topological polar surface area (TPSA) is 67.2 Å². The molecule has 1 aromatic rings. The van der Waals surface area contributed by atoms with E-state index in [1.54, 1.807) is 12.1 Å². The third kappa shape index (κ3) is 3.11. The molecule has 1 aliphatic heterocycles. The van der Waals surface area contributed by atoms with Crippen LogP contribution in [0.5, 0.6) is 0 Å². The van der Waals surface area contributed by atoms with Crippen molar-refractivity contribution >= 4 is 23.0 Å². The van der Waals surface area contributed by atoms with Gasteiger partial charge in [-0.25, -0.2) is 0 Å². The van der Waals surface area contributed by atoms with E-state index in [4.69, 9.17) is 11.6 Å². The lowest BCUT2D eigenvalue weighted by Crippen LogP contribution is -2.24. The zero-order valence-electron chi connectivity index (χ0n) is 9.99. The summed E-state index contributed by atoms with van der Waals surface area (Å²) >= 11 is 5.99. The van der Waals surface area contributed by atoms with Gasteiger partial charge in [0, 0.05) is 18.7 Å². The minimum Gasteiger partial charge on any atom is -0.378 e. The number of nitrogens with zero attached hydrogens (tertiary/aromatic N) is 1. The van der Waals surface area contributed by atoms with Gasteiger partial charge in [-0.2, -0.15) is 0 Å². The van der Waals surface area contributed by atoms with E-state index in [1.165, 1.54) is 18.9 Å². The third-order valence-electron chi connectivity index (χ3n) is 3.15. The monoisotopic (exact) mass is 269 g/mol. The summed E-state index contributed by atoms with van der Waals surface area (Å²) in [5.74, 6) is 0. The summed E-state index contributed by atoms with van der Waals surface area (Å²) in [7, 11) is 0. The fourth-order valence-electron chi connectivity index (χ4n) is 2.21. The second-order valence-corrected chi connectivity index (χ2v) is 4.81. The quantitative estimate of drug-likeness (QED) is 0.637. The van der Waals surface area contributed by atoms with Crippen LogP contribution in [0.2, 0.25) is 5.02 Å². The molecule has 1 aliphatic rings. The molecule has 0 saturated carbocycles. The second-order valence-electron chi connectivity index (χ2n) is 4.40. The van der Waals surface area contributed by atoms with E-state index < -0.39 is 4.92 Å². The number of nitro groups is 1. The average Bonchev–Trinajstić information content (AvgIpc) is 2.84. The highest BCUT2D eigenvalue weighted by Gasteiger charge is 2.17. The van der Waals surface area contributed by atoms with Gasteiger partial charge in [-0.3, -0.25) is 10.1 Å². The van der Waals surface area contributed by atoms with Crippen LogP contribution in [0, 0.1) is 10.1 Å². The molecule has 0 aromatic heterocycles. The molecule has 0 radical (unpaired) electrons. The first kappa shape index (κ1) is 13.1. The molecular formula is C12H16ClN3O2. The molecule has 1 aromatic carbocycles. The molecule has 2 rings (SSSR count). The highest BCUT2D eigenvalue weighted by molar-refractivity contribution is 6.33. The van der Waals surface area contributed by atoms with Crippen molar-refractivity contribution in [2.45, 2.75) is 25.3 Å². The number of benzene rings is 1. The summed E-state index contributed by atoms with van der Waals surface area (Å²) < 4.78 is 0. The van der Waals surface area contributed by atoms with Crippen molar-refractivity contribution in [1.82, 2.24) is 5.32 Å². The zero-order valence-corrected chi connectivity index (χ0v) is 10.7. The molecule has 1 heterocycles. The Balaban J connectivity index is 1.97. The SMILES string of the molecule is O=[N+]([O-])c1cccc(Cl)c1NCC[C@@H]1CCCN1. The maximum absolute atomic E-state index is 10.9. The van der Waals surface area contributed by atoms with Crippen LogP contribution in [0.4, 0.5) is 11.4 Å². The lowest BCUT2D eigenvalue weighted by molar-refractivity contribution is -0.383. The lowest BCUT2D eigenvalue weighted by Gasteiger charge is -2.12. The molecule has 0 spiro atoms. The van der Waals surface area contributed by atoms with Crippen molar-refractivity contribution in [3.63, 3.8) is 0 Å². The van der Waals surface area contributed by atoms with E-state index in [9.17, 15) is 10.1 Å². The van der Waals surface area contributed by atoms with E-state index in [0.717, 1.165) is 13.0 Å². The largest absolute Gasteiger partial charge is 0.378 e. The predicted molar refractivity (Wildman–Crippen MR) is 72.2 cm³/mol. The fourth-order valence-corrected chi connectivity index (χ4v) is 2.45. The Bertz CT molecular complexity index is 433. The number of nitro benzene ring substituents is 1. The third-order valence-corrected chi connectivity index (χ3v) is 3.46. The molecule has 0 unspecified atom stereocenters. The molecule has 18 heavy (non-hydrogen) atoms. The Morgan fingerprint density at radius 2 is 2.39 bits per heavy atom. The van der Waals surface area contributed by atoms with Gasteiger partial charge in [0.05, 0.1) is 9.95 Å². The van der Waals surface area contributed by atoms with Gasteiger partial charge < -0.3 is 10.6 Å². The van der Waals surface area contributed by atoms with E-state index in [-0.39, 0.29) is 5.69 Å². The minimum atomic E-state index is -0.415. The van der Waals surface area contributed by atoms with Crippen LogP contribution >= 0.6 is 11.6 Å². The number of hydrogen-bond donors (Lipinski definition) is 2. The highest BCUT2D eigenvalue weighted by atomic mass is 35.5. The Morgan fingerprint density at radius 3 is 3.06 bits per heavy atom. The van der Waals surface area contributed by atoms with E-state index in [2.05, 4.69) is 10.6 Å². The molecule has 2 N–H and O–H groups in total. The number of para-hydroxylation sites is 1. The van der Waals surface area contributed by atoms with Crippen molar-refractivity contribution in [3.8, 4) is 0 Å². The summed E-state index contributed by atoms with van der Waals surface area (Å²) in [4.78, 5) is 10.5. The van der Waals surface area contributed by atoms with Crippen LogP contribution in [-0.2, 0) is 0 Å². The van der Waals surface area contributed by atoms with E-state index >= 15 is 0 Å². The molecule has 1 fully saturated rings. The molecular weight excluding hydrogens is 254 g/mol. The molecule has 0 aliphatic carbocycles. The number of halogens is 1. The predicted octanol–water partition coefficient (Wildman–Crippen LogP) is 2.80. The van der Waals surface area contributed by atoms with Crippen molar-refractivity contribution in [2.24, 2.45) is 0 Å². The number of anilines is 1. The highest BCUT2D eigenvalue weighted by Crippen LogP contribution is 2.31. The molecule has 98 valence electrons. The Labute approximate surface area is 111 Å². The van der Waals surface area contributed by atoms with Crippen molar-refractivity contribution in [1.29, 1.82) is 0 Å². The van der Waals surface area contributed by atoms with Crippen molar-refractivity contribution in [2.75, 3.05) is 18.4 Å². The van der Waals surface area contributed by atoms with Crippen LogP contribution in [0.1, 0.15) is 19.3 Å². The van der Waals surface area contributed by atoms with Gasteiger partial charge in [-0.05, 0) is 31.9 Å². The van der Waals surface area contributed by atoms with Gasteiger partial charge in [0.1, 0.15) is 5.69 Å². The Kier molecular flexibility index (Phi) is 4.38.